The molecule has 0 unspecified atom stereocenters. The summed E-state index contributed by atoms with van der Waals surface area (Å²) in [6, 6.07) is 10.4. The minimum atomic E-state index is -1.89. The van der Waals surface area contributed by atoms with Crippen LogP contribution < -0.4 is 4.43 Å². The lowest BCUT2D eigenvalue weighted by atomic mass is 10.0. The van der Waals surface area contributed by atoms with Gasteiger partial charge in [-0.2, -0.15) is 5.26 Å². The largest absolute Gasteiger partial charge is 0.543 e. The summed E-state index contributed by atoms with van der Waals surface area (Å²) in [7, 11) is -1.89. The van der Waals surface area contributed by atoms with E-state index < -0.39 is 8.32 Å². The summed E-state index contributed by atoms with van der Waals surface area (Å²) in [5, 5.41) is 8.99. The van der Waals surface area contributed by atoms with E-state index in [4.69, 9.17) is 9.69 Å². The molecule has 1 aromatic rings. The van der Waals surface area contributed by atoms with Crippen molar-refractivity contribution in [2.75, 3.05) is 0 Å². The van der Waals surface area contributed by atoms with Crippen LogP contribution >= 0.6 is 0 Å². The zero-order chi connectivity index (χ0) is 16.2. The summed E-state index contributed by atoms with van der Waals surface area (Å²) < 4.78 is 6.61. The van der Waals surface area contributed by atoms with Gasteiger partial charge in [0.25, 0.3) is 8.32 Å². The molecule has 0 aliphatic carbocycles. The van der Waals surface area contributed by atoms with Crippen molar-refractivity contribution in [3.63, 3.8) is 0 Å². The zero-order valence-electron chi connectivity index (χ0n) is 14.5. The normalized spacial score (nSPS) is 13.6. The zero-order valence-corrected chi connectivity index (χ0v) is 15.5. The van der Waals surface area contributed by atoms with E-state index >= 15 is 0 Å². The molecule has 0 aliphatic heterocycles. The van der Waals surface area contributed by atoms with Crippen molar-refractivity contribution in [1.29, 1.82) is 5.26 Å². The van der Waals surface area contributed by atoms with Crippen LogP contribution in [0, 0.1) is 11.3 Å². The van der Waals surface area contributed by atoms with Crippen LogP contribution in [-0.4, -0.2) is 8.32 Å². The standard InChI is InChI=1S/C18H29NOSi/c1-13(2)21(14(3)4,15(5)6)20-18-10-8-17(9-11-18)16(7)12-19/h8-11,13-16H,1-7H3/t16-/m0/s1. The first-order chi connectivity index (χ1) is 9.75. The second kappa shape index (κ2) is 7.13. The van der Waals surface area contributed by atoms with Gasteiger partial charge in [-0.25, -0.2) is 0 Å². The molecule has 0 heterocycles. The number of hydrogen-bond acceptors (Lipinski definition) is 2. The molecule has 0 aromatic heterocycles. The van der Waals surface area contributed by atoms with Gasteiger partial charge in [0.15, 0.2) is 0 Å². The molecular weight excluding hydrogens is 274 g/mol. The lowest BCUT2D eigenvalue weighted by molar-refractivity contribution is 0.479. The lowest BCUT2D eigenvalue weighted by Gasteiger charge is -2.42. The topological polar surface area (TPSA) is 33.0 Å². The van der Waals surface area contributed by atoms with Crippen LogP contribution in [0.15, 0.2) is 24.3 Å². The highest BCUT2D eigenvalue weighted by molar-refractivity contribution is 6.78. The van der Waals surface area contributed by atoms with E-state index in [1.165, 1.54) is 0 Å². The first kappa shape index (κ1) is 17.8. The van der Waals surface area contributed by atoms with Crippen LogP contribution in [0.25, 0.3) is 0 Å². The number of rotatable bonds is 6. The molecule has 2 nitrogen and oxygen atoms in total. The van der Waals surface area contributed by atoms with Gasteiger partial charge < -0.3 is 4.43 Å². The van der Waals surface area contributed by atoms with Crippen molar-refractivity contribution in [2.45, 2.75) is 71.0 Å². The minimum Gasteiger partial charge on any atom is -0.543 e. The average molecular weight is 304 g/mol. The summed E-state index contributed by atoms with van der Waals surface area (Å²) in [6.07, 6.45) is 0. The first-order valence-corrected chi connectivity index (χ1v) is 10.1. The maximum Gasteiger partial charge on any atom is 0.258 e. The minimum absolute atomic E-state index is 0.0682. The van der Waals surface area contributed by atoms with Gasteiger partial charge in [0.2, 0.25) is 0 Å². The van der Waals surface area contributed by atoms with E-state index in [1.54, 1.807) is 0 Å². The summed E-state index contributed by atoms with van der Waals surface area (Å²) in [6.45, 7) is 15.7. The Balaban J connectivity index is 3.08. The third kappa shape index (κ3) is 3.68. The Kier molecular flexibility index (Phi) is 6.04. The van der Waals surface area contributed by atoms with E-state index in [2.05, 4.69) is 47.6 Å². The molecule has 0 aliphatic rings. The third-order valence-corrected chi connectivity index (χ3v) is 10.6. The smallest absolute Gasteiger partial charge is 0.258 e. The summed E-state index contributed by atoms with van der Waals surface area (Å²) in [5.41, 5.74) is 2.75. The van der Waals surface area contributed by atoms with Gasteiger partial charge in [-0.1, -0.05) is 53.7 Å². The molecule has 0 saturated carbocycles. The van der Waals surface area contributed by atoms with Crippen molar-refractivity contribution in [1.82, 2.24) is 0 Å². The molecule has 116 valence electrons. The molecule has 0 bridgehead atoms. The molecule has 1 aromatic carbocycles. The van der Waals surface area contributed by atoms with Gasteiger partial charge in [-0.05, 0) is 41.2 Å². The Bertz CT molecular complexity index is 463. The Hall–Kier alpha value is -1.27. The quantitative estimate of drug-likeness (QED) is 0.616. The van der Waals surface area contributed by atoms with Crippen LogP contribution in [0.3, 0.4) is 0 Å². The highest BCUT2D eigenvalue weighted by Crippen LogP contribution is 2.42. The number of nitriles is 1. The summed E-state index contributed by atoms with van der Waals surface area (Å²) >= 11 is 0. The fraction of sp³-hybridized carbons (Fsp3) is 0.611. The SMILES string of the molecule is CC(C)[Si](Oc1ccc([C@@H](C)C#N)cc1)(C(C)C)C(C)C. The summed E-state index contributed by atoms with van der Waals surface area (Å²) in [5.74, 6) is 0.882. The second-order valence-electron chi connectivity index (χ2n) is 6.84. The summed E-state index contributed by atoms with van der Waals surface area (Å²) in [4.78, 5) is 0. The van der Waals surface area contributed by atoms with Gasteiger partial charge in [0, 0.05) is 0 Å². The van der Waals surface area contributed by atoms with Gasteiger partial charge >= 0.3 is 0 Å². The van der Waals surface area contributed by atoms with Crippen LogP contribution in [-0.2, 0) is 0 Å². The van der Waals surface area contributed by atoms with Crippen molar-refractivity contribution < 1.29 is 4.43 Å². The third-order valence-electron chi connectivity index (χ3n) is 4.58. The van der Waals surface area contributed by atoms with Crippen molar-refractivity contribution in [2.24, 2.45) is 0 Å². The predicted molar refractivity (Wildman–Crippen MR) is 92.1 cm³/mol. The Labute approximate surface area is 131 Å². The molecule has 1 atom stereocenters. The van der Waals surface area contributed by atoms with Gasteiger partial charge in [-0.15, -0.1) is 0 Å². The first-order valence-electron chi connectivity index (χ1n) is 7.94. The van der Waals surface area contributed by atoms with E-state index in [-0.39, 0.29) is 5.92 Å². The number of benzene rings is 1. The number of hydrogen-bond donors (Lipinski definition) is 0. The average Bonchev–Trinajstić information content (AvgIpc) is 2.43. The van der Waals surface area contributed by atoms with Crippen molar-refractivity contribution in [3.05, 3.63) is 29.8 Å². The Morgan fingerprint density at radius 3 is 1.62 bits per heavy atom. The highest BCUT2D eigenvalue weighted by Gasteiger charge is 2.46. The molecule has 0 radical (unpaired) electrons. The molecule has 3 heteroatoms. The molecule has 0 saturated heterocycles. The lowest BCUT2D eigenvalue weighted by Crippen LogP contribution is -2.50. The van der Waals surface area contributed by atoms with Crippen molar-refractivity contribution >= 4 is 8.32 Å². The molecular formula is C18H29NOSi. The van der Waals surface area contributed by atoms with Crippen LogP contribution in [0.1, 0.15) is 59.9 Å². The highest BCUT2D eigenvalue weighted by atomic mass is 28.4. The second-order valence-corrected chi connectivity index (χ2v) is 12.2. The molecule has 1 rings (SSSR count). The van der Waals surface area contributed by atoms with Gasteiger partial charge in [0.1, 0.15) is 5.75 Å². The van der Waals surface area contributed by atoms with Gasteiger partial charge in [0.05, 0.1) is 12.0 Å². The van der Waals surface area contributed by atoms with Gasteiger partial charge in [-0.3, -0.25) is 0 Å². The molecule has 0 fully saturated rings. The van der Waals surface area contributed by atoms with E-state index in [1.807, 2.05) is 31.2 Å². The maximum atomic E-state index is 8.99. The van der Waals surface area contributed by atoms with Crippen molar-refractivity contribution in [3.8, 4) is 11.8 Å². The maximum absolute atomic E-state index is 8.99. The van der Waals surface area contributed by atoms with E-state index in [0.717, 1.165) is 11.3 Å². The monoisotopic (exact) mass is 303 g/mol. The Morgan fingerprint density at radius 1 is 0.857 bits per heavy atom. The number of nitrogens with zero attached hydrogens (tertiary/aromatic N) is 1. The fourth-order valence-corrected chi connectivity index (χ4v) is 8.71. The molecule has 21 heavy (non-hydrogen) atoms. The molecule has 0 N–H and O–H groups in total. The Morgan fingerprint density at radius 2 is 1.29 bits per heavy atom. The van der Waals surface area contributed by atoms with Crippen LogP contribution in [0.2, 0.25) is 16.6 Å². The fourth-order valence-electron chi connectivity index (χ4n) is 3.46. The van der Waals surface area contributed by atoms with E-state index in [0.29, 0.717) is 16.6 Å². The predicted octanol–water partition coefficient (Wildman–Crippen LogP) is 5.87. The molecule has 0 spiro atoms. The van der Waals surface area contributed by atoms with Crippen LogP contribution in [0.5, 0.6) is 5.75 Å². The molecule has 0 amide bonds. The van der Waals surface area contributed by atoms with Crippen LogP contribution in [0.4, 0.5) is 0 Å². The van der Waals surface area contributed by atoms with E-state index in [9.17, 15) is 0 Å².